The third kappa shape index (κ3) is 3.29. The SMILES string of the molecule is COC(=O)[C@@H]1[C@@H]2C=C[C@@H](C2)[C@@]1(C(=O)OCc1ccccc1)[S@@](=O)c1ccc(C)cc1. The highest BCUT2D eigenvalue weighted by Gasteiger charge is 2.68. The highest BCUT2D eigenvalue weighted by atomic mass is 32.2. The number of hydrogen-bond donors (Lipinski definition) is 0. The molecule has 6 heteroatoms. The van der Waals surface area contributed by atoms with Gasteiger partial charge in [0.2, 0.25) is 0 Å². The molecule has 2 aliphatic carbocycles. The summed E-state index contributed by atoms with van der Waals surface area (Å²) in [6, 6.07) is 16.5. The van der Waals surface area contributed by atoms with Gasteiger partial charge >= 0.3 is 11.9 Å². The molecule has 30 heavy (non-hydrogen) atoms. The van der Waals surface area contributed by atoms with Crippen molar-refractivity contribution in [1.29, 1.82) is 0 Å². The van der Waals surface area contributed by atoms with Crippen molar-refractivity contribution in [3.8, 4) is 0 Å². The average Bonchev–Trinajstić information content (AvgIpc) is 3.38. The zero-order valence-corrected chi connectivity index (χ0v) is 17.8. The lowest BCUT2D eigenvalue weighted by atomic mass is 9.82. The second kappa shape index (κ2) is 8.19. The molecular formula is C24H24O5S. The van der Waals surface area contributed by atoms with Crippen molar-refractivity contribution in [1.82, 2.24) is 0 Å². The van der Waals surface area contributed by atoms with Crippen LogP contribution in [-0.4, -0.2) is 28.0 Å². The maximum absolute atomic E-state index is 13.9. The van der Waals surface area contributed by atoms with Gasteiger partial charge in [-0.05, 0) is 37.0 Å². The first-order valence-electron chi connectivity index (χ1n) is 9.94. The predicted molar refractivity (Wildman–Crippen MR) is 113 cm³/mol. The molecule has 0 amide bonds. The van der Waals surface area contributed by atoms with Crippen molar-refractivity contribution in [2.75, 3.05) is 7.11 Å². The summed E-state index contributed by atoms with van der Waals surface area (Å²) in [6.07, 6.45) is 4.42. The molecule has 1 saturated carbocycles. The Kier molecular flexibility index (Phi) is 5.60. The number of ether oxygens (including phenoxy) is 2. The Morgan fingerprint density at radius 1 is 1.07 bits per heavy atom. The Balaban J connectivity index is 1.75. The van der Waals surface area contributed by atoms with Gasteiger partial charge < -0.3 is 9.47 Å². The molecule has 1 fully saturated rings. The fourth-order valence-electron chi connectivity index (χ4n) is 4.62. The van der Waals surface area contributed by atoms with Crippen molar-refractivity contribution in [2.24, 2.45) is 17.8 Å². The van der Waals surface area contributed by atoms with E-state index in [4.69, 9.17) is 9.47 Å². The Morgan fingerprint density at radius 2 is 1.77 bits per heavy atom. The number of fused-ring (bicyclic) bond motifs is 2. The monoisotopic (exact) mass is 424 g/mol. The fraction of sp³-hybridized carbons (Fsp3) is 0.333. The lowest BCUT2D eigenvalue weighted by Gasteiger charge is -2.37. The number of allylic oxidation sites excluding steroid dienone is 2. The van der Waals surface area contributed by atoms with Crippen LogP contribution in [0, 0.1) is 24.7 Å². The molecule has 0 aliphatic heterocycles. The molecule has 2 bridgehead atoms. The Hall–Kier alpha value is -2.73. The van der Waals surface area contributed by atoms with E-state index >= 15 is 0 Å². The Labute approximate surface area is 178 Å². The van der Waals surface area contributed by atoms with Crippen LogP contribution in [-0.2, 0) is 36.5 Å². The number of carbonyl (C=O) groups excluding carboxylic acids is 2. The molecule has 5 atom stereocenters. The van der Waals surface area contributed by atoms with Crippen LogP contribution in [0.5, 0.6) is 0 Å². The van der Waals surface area contributed by atoms with E-state index in [-0.39, 0.29) is 18.4 Å². The van der Waals surface area contributed by atoms with Crippen LogP contribution in [0.25, 0.3) is 0 Å². The first-order chi connectivity index (χ1) is 14.5. The summed E-state index contributed by atoms with van der Waals surface area (Å²) in [5.41, 5.74) is 1.85. The largest absolute Gasteiger partial charge is 0.469 e. The van der Waals surface area contributed by atoms with Crippen LogP contribution in [0.2, 0.25) is 0 Å². The summed E-state index contributed by atoms with van der Waals surface area (Å²) in [5, 5.41) is 0. The highest BCUT2D eigenvalue weighted by molar-refractivity contribution is 7.87. The van der Waals surface area contributed by atoms with E-state index in [1.54, 1.807) is 12.1 Å². The third-order valence-electron chi connectivity index (χ3n) is 6.09. The van der Waals surface area contributed by atoms with Crippen molar-refractivity contribution in [2.45, 2.75) is 29.6 Å². The minimum atomic E-state index is -1.79. The second-order valence-electron chi connectivity index (χ2n) is 7.83. The van der Waals surface area contributed by atoms with Crippen molar-refractivity contribution >= 4 is 22.7 Å². The van der Waals surface area contributed by atoms with Gasteiger partial charge in [0.1, 0.15) is 6.61 Å². The van der Waals surface area contributed by atoms with Gasteiger partial charge in [0, 0.05) is 10.8 Å². The molecule has 5 nitrogen and oxygen atoms in total. The molecule has 0 radical (unpaired) electrons. The fourth-order valence-corrected chi connectivity index (χ4v) is 6.55. The van der Waals surface area contributed by atoms with Crippen molar-refractivity contribution in [3.05, 3.63) is 77.9 Å². The molecular weight excluding hydrogens is 400 g/mol. The van der Waals surface area contributed by atoms with Gasteiger partial charge in [-0.15, -0.1) is 0 Å². The van der Waals surface area contributed by atoms with E-state index in [2.05, 4.69) is 0 Å². The molecule has 0 spiro atoms. The van der Waals surface area contributed by atoms with Gasteiger partial charge in [-0.3, -0.25) is 13.8 Å². The number of carbonyl (C=O) groups is 2. The Morgan fingerprint density at radius 3 is 2.43 bits per heavy atom. The van der Waals surface area contributed by atoms with E-state index < -0.39 is 33.4 Å². The van der Waals surface area contributed by atoms with E-state index in [1.165, 1.54) is 7.11 Å². The highest BCUT2D eigenvalue weighted by Crippen LogP contribution is 2.56. The standard InChI is InChI=1S/C24H24O5S/c1-16-8-12-20(13-9-16)30(27)24(23(26)29-15-17-6-4-3-5-7-17)19-11-10-18(14-19)21(24)22(25)28-2/h3-13,18-19,21H,14-15H2,1-2H3/t18-,19+,21+,24-,30+/m1/s1. The molecule has 0 aromatic heterocycles. The predicted octanol–water partition coefficient (Wildman–Crippen LogP) is 3.58. The summed E-state index contributed by atoms with van der Waals surface area (Å²) in [5.74, 6) is -2.53. The van der Waals surface area contributed by atoms with Crippen LogP contribution in [0.3, 0.4) is 0 Å². The van der Waals surface area contributed by atoms with E-state index in [0.717, 1.165) is 11.1 Å². The quantitative estimate of drug-likeness (QED) is 0.524. The lowest BCUT2D eigenvalue weighted by molar-refractivity contribution is -0.158. The van der Waals surface area contributed by atoms with Crippen LogP contribution in [0.15, 0.2) is 71.6 Å². The maximum Gasteiger partial charge on any atom is 0.327 e. The number of rotatable bonds is 6. The van der Waals surface area contributed by atoms with Crippen LogP contribution >= 0.6 is 0 Å². The zero-order chi connectivity index (χ0) is 21.3. The number of esters is 2. The molecule has 4 rings (SSSR count). The van der Waals surface area contributed by atoms with Crippen LogP contribution < -0.4 is 0 Å². The zero-order valence-electron chi connectivity index (χ0n) is 16.9. The third-order valence-corrected chi connectivity index (χ3v) is 8.12. The number of methoxy groups -OCH3 is 1. The summed E-state index contributed by atoms with van der Waals surface area (Å²) >= 11 is 0. The first kappa shape index (κ1) is 20.5. The molecule has 0 saturated heterocycles. The number of hydrogen-bond acceptors (Lipinski definition) is 5. The van der Waals surface area contributed by atoms with Crippen molar-refractivity contribution < 1.29 is 23.3 Å². The van der Waals surface area contributed by atoms with Gasteiger partial charge in [0.15, 0.2) is 4.75 Å². The molecule has 2 aliphatic rings. The molecule has 2 aromatic rings. The van der Waals surface area contributed by atoms with Gasteiger partial charge in [0.05, 0.1) is 23.8 Å². The van der Waals surface area contributed by atoms with Gasteiger partial charge in [-0.1, -0.05) is 60.2 Å². The smallest absolute Gasteiger partial charge is 0.327 e. The van der Waals surface area contributed by atoms with Gasteiger partial charge in [0.25, 0.3) is 0 Å². The van der Waals surface area contributed by atoms with E-state index in [9.17, 15) is 13.8 Å². The lowest BCUT2D eigenvalue weighted by Crippen LogP contribution is -2.56. The molecule has 2 aromatic carbocycles. The molecule has 0 heterocycles. The normalized spacial score (nSPS) is 27.6. The second-order valence-corrected chi connectivity index (χ2v) is 9.51. The maximum atomic E-state index is 13.9. The first-order valence-corrected chi connectivity index (χ1v) is 11.1. The molecule has 156 valence electrons. The number of benzene rings is 2. The topological polar surface area (TPSA) is 69.7 Å². The van der Waals surface area contributed by atoms with Crippen LogP contribution in [0.1, 0.15) is 17.5 Å². The van der Waals surface area contributed by atoms with E-state index in [0.29, 0.717) is 11.3 Å². The van der Waals surface area contributed by atoms with E-state index in [1.807, 2.05) is 61.5 Å². The average molecular weight is 425 g/mol. The van der Waals surface area contributed by atoms with Gasteiger partial charge in [-0.25, -0.2) is 0 Å². The van der Waals surface area contributed by atoms with Crippen molar-refractivity contribution in [3.63, 3.8) is 0 Å². The summed E-state index contributed by atoms with van der Waals surface area (Å²) < 4.78 is 23.1. The molecule has 0 N–H and O–H groups in total. The van der Waals surface area contributed by atoms with Crippen LogP contribution in [0.4, 0.5) is 0 Å². The summed E-state index contributed by atoms with van der Waals surface area (Å²) in [6.45, 7) is 2.00. The minimum Gasteiger partial charge on any atom is -0.469 e. The summed E-state index contributed by atoms with van der Waals surface area (Å²) in [7, 11) is -0.493. The number of aryl methyl sites for hydroxylation is 1. The van der Waals surface area contributed by atoms with Gasteiger partial charge in [-0.2, -0.15) is 0 Å². The Bertz CT molecular complexity index is 998. The summed E-state index contributed by atoms with van der Waals surface area (Å²) in [4.78, 5) is 26.9. The minimum absolute atomic E-state index is 0.0571. The molecule has 0 unspecified atom stereocenters.